The summed E-state index contributed by atoms with van der Waals surface area (Å²) >= 11 is 0. The van der Waals surface area contributed by atoms with Crippen LogP contribution in [0.1, 0.15) is 58.3 Å². The monoisotopic (exact) mass is 280 g/mol. The molecular formula is C17H32N2O. The van der Waals surface area contributed by atoms with Crippen LogP contribution < -0.4 is 5.73 Å². The third-order valence-corrected chi connectivity index (χ3v) is 6.05. The van der Waals surface area contributed by atoms with Gasteiger partial charge in [0.25, 0.3) is 0 Å². The summed E-state index contributed by atoms with van der Waals surface area (Å²) < 4.78 is 6.03. The van der Waals surface area contributed by atoms with E-state index in [1.807, 2.05) is 0 Å². The van der Waals surface area contributed by atoms with Gasteiger partial charge in [0.15, 0.2) is 0 Å². The largest absolute Gasteiger partial charge is 0.375 e. The van der Waals surface area contributed by atoms with Crippen molar-refractivity contribution in [1.82, 2.24) is 4.90 Å². The van der Waals surface area contributed by atoms with E-state index in [-0.39, 0.29) is 0 Å². The van der Waals surface area contributed by atoms with Crippen molar-refractivity contribution in [2.24, 2.45) is 17.6 Å². The zero-order valence-corrected chi connectivity index (χ0v) is 13.1. The Bertz CT molecular complexity index is 299. The van der Waals surface area contributed by atoms with Crippen LogP contribution in [0.2, 0.25) is 0 Å². The predicted octanol–water partition coefficient (Wildman–Crippen LogP) is 2.78. The number of nitrogens with two attached hydrogens (primary N) is 1. The number of morpholine rings is 1. The van der Waals surface area contributed by atoms with Gasteiger partial charge in [0, 0.05) is 25.2 Å². The minimum atomic E-state index is 0.495. The van der Waals surface area contributed by atoms with Gasteiger partial charge >= 0.3 is 0 Å². The van der Waals surface area contributed by atoms with Gasteiger partial charge < -0.3 is 10.5 Å². The van der Waals surface area contributed by atoms with Crippen molar-refractivity contribution in [3.63, 3.8) is 0 Å². The van der Waals surface area contributed by atoms with Crippen molar-refractivity contribution in [3.8, 4) is 0 Å². The van der Waals surface area contributed by atoms with E-state index in [2.05, 4.69) is 11.8 Å². The van der Waals surface area contributed by atoms with Gasteiger partial charge in [-0.3, -0.25) is 4.90 Å². The Morgan fingerprint density at radius 2 is 1.85 bits per heavy atom. The number of fused-ring (bicyclic) bond motifs is 1. The lowest BCUT2D eigenvalue weighted by atomic mass is 9.77. The molecule has 116 valence electrons. The smallest absolute Gasteiger partial charge is 0.0731 e. The van der Waals surface area contributed by atoms with Crippen LogP contribution in [0.15, 0.2) is 0 Å². The van der Waals surface area contributed by atoms with Gasteiger partial charge in [-0.15, -0.1) is 0 Å². The van der Waals surface area contributed by atoms with Gasteiger partial charge in [-0.25, -0.2) is 0 Å². The summed E-state index contributed by atoms with van der Waals surface area (Å²) in [5, 5.41) is 0. The molecule has 20 heavy (non-hydrogen) atoms. The van der Waals surface area contributed by atoms with Gasteiger partial charge in [-0.05, 0) is 37.5 Å². The normalized spacial score (nSPS) is 41.1. The minimum Gasteiger partial charge on any atom is -0.375 e. The topological polar surface area (TPSA) is 38.5 Å². The maximum Gasteiger partial charge on any atom is 0.0731 e. The molecule has 0 aromatic rings. The standard InChI is InChI=1S/C17H32N2O/c1-13-6-8-14(9-7-13)16(12-18)19-10-11-20-17-5-3-2-4-15(17)19/h13-17H,2-12,18H2,1H3. The highest BCUT2D eigenvalue weighted by Crippen LogP contribution is 2.36. The Hall–Kier alpha value is -0.120. The van der Waals surface area contributed by atoms with E-state index in [9.17, 15) is 0 Å². The zero-order chi connectivity index (χ0) is 13.9. The summed E-state index contributed by atoms with van der Waals surface area (Å²) in [6.07, 6.45) is 11.4. The molecule has 0 aromatic carbocycles. The van der Waals surface area contributed by atoms with E-state index in [1.54, 1.807) is 0 Å². The first kappa shape index (κ1) is 14.8. The molecule has 2 aliphatic carbocycles. The van der Waals surface area contributed by atoms with Crippen LogP contribution >= 0.6 is 0 Å². The van der Waals surface area contributed by atoms with Crippen LogP contribution in [0.5, 0.6) is 0 Å². The van der Waals surface area contributed by atoms with Crippen molar-refractivity contribution >= 4 is 0 Å². The molecule has 3 atom stereocenters. The molecule has 2 saturated carbocycles. The highest BCUT2D eigenvalue weighted by atomic mass is 16.5. The first-order valence-electron chi connectivity index (χ1n) is 8.87. The Morgan fingerprint density at radius 1 is 1.10 bits per heavy atom. The van der Waals surface area contributed by atoms with E-state index in [0.717, 1.165) is 31.5 Å². The molecule has 3 nitrogen and oxygen atoms in total. The first-order valence-corrected chi connectivity index (χ1v) is 8.87. The highest BCUT2D eigenvalue weighted by Gasteiger charge is 2.40. The number of hydrogen-bond acceptors (Lipinski definition) is 3. The van der Waals surface area contributed by atoms with Crippen molar-refractivity contribution in [3.05, 3.63) is 0 Å². The second kappa shape index (κ2) is 6.76. The molecule has 3 fully saturated rings. The van der Waals surface area contributed by atoms with Crippen molar-refractivity contribution in [2.45, 2.75) is 76.5 Å². The van der Waals surface area contributed by atoms with Crippen LogP contribution in [-0.2, 0) is 4.74 Å². The molecule has 3 rings (SSSR count). The Balaban J connectivity index is 1.67. The Labute approximate surface area is 124 Å². The molecule has 0 radical (unpaired) electrons. The number of ether oxygens (including phenoxy) is 1. The molecule has 3 aliphatic rings. The fourth-order valence-electron chi connectivity index (χ4n) is 4.81. The Morgan fingerprint density at radius 3 is 2.60 bits per heavy atom. The molecule has 0 amide bonds. The maximum absolute atomic E-state index is 6.21. The van der Waals surface area contributed by atoms with Crippen LogP contribution in [0.3, 0.4) is 0 Å². The molecule has 1 heterocycles. The summed E-state index contributed by atoms with van der Waals surface area (Å²) in [5.74, 6) is 1.76. The zero-order valence-electron chi connectivity index (χ0n) is 13.1. The third-order valence-electron chi connectivity index (χ3n) is 6.05. The summed E-state index contributed by atoms with van der Waals surface area (Å²) in [5.41, 5.74) is 6.21. The second-order valence-corrected chi connectivity index (χ2v) is 7.32. The lowest BCUT2D eigenvalue weighted by Gasteiger charge is -2.49. The lowest BCUT2D eigenvalue weighted by Crippen LogP contribution is -2.60. The van der Waals surface area contributed by atoms with Gasteiger partial charge in [-0.2, -0.15) is 0 Å². The van der Waals surface area contributed by atoms with E-state index in [0.29, 0.717) is 18.2 Å². The maximum atomic E-state index is 6.21. The van der Waals surface area contributed by atoms with Gasteiger partial charge in [0.2, 0.25) is 0 Å². The van der Waals surface area contributed by atoms with Crippen LogP contribution in [0, 0.1) is 11.8 Å². The Kier molecular flexibility index (Phi) is 5.00. The summed E-state index contributed by atoms with van der Waals surface area (Å²) in [6.45, 7) is 5.26. The number of rotatable bonds is 3. The molecule has 0 bridgehead atoms. The molecule has 3 heteroatoms. The van der Waals surface area contributed by atoms with E-state index < -0.39 is 0 Å². The summed E-state index contributed by atoms with van der Waals surface area (Å²) in [7, 11) is 0. The minimum absolute atomic E-state index is 0.495. The molecule has 0 spiro atoms. The predicted molar refractivity (Wildman–Crippen MR) is 82.7 cm³/mol. The van der Waals surface area contributed by atoms with Gasteiger partial charge in [-0.1, -0.05) is 32.6 Å². The quantitative estimate of drug-likeness (QED) is 0.864. The molecule has 1 saturated heterocycles. The fourth-order valence-corrected chi connectivity index (χ4v) is 4.81. The van der Waals surface area contributed by atoms with Crippen molar-refractivity contribution < 1.29 is 4.74 Å². The molecule has 2 N–H and O–H groups in total. The molecule has 1 aliphatic heterocycles. The number of nitrogens with zero attached hydrogens (tertiary/aromatic N) is 1. The number of hydrogen-bond donors (Lipinski definition) is 1. The second-order valence-electron chi connectivity index (χ2n) is 7.32. The molecule has 3 unspecified atom stereocenters. The van der Waals surface area contributed by atoms with Gasteiger partial charge in [0.05, 0.1) is 12.7 Å². The molecular weight excluding hydrogens is 248 g/mol. The summed E-state index contributed by atoms with van der Waals surface area (Å²) in [6, 6.07) is 1.27. The van der Waals surface area contributed by atoms with E-state index in [4.69, 9.17) is 10.5 Å². The van der Waals surface area contributed by atoms with Gasteiger partial charge in [0.1, 0.15) is 0 Å². The lowest BCUT2D eigenvalue weighted by molar-refractivity contribution is -0.110. The van der Waals surface area contributed by atoms with E-state index in [1.165, 1.54) is 51.4 Å². The fraction of sp³-hybridized carbons (Fsp3) is 1.00. The van der Waals surface area contributed by atoms with Crippen LogP contribution in [0.4, 0.5) is 0 Å². The van der Waals surface area contributed by atoms with Crippen LogP contribution in [-0.4, -0.2) is 42.8 Å². The first-order chi connectivity index (χ1) is 9.79. The van der Waals surface area contributed by atoms with Crippen molar-refractivity contribution in [2.75, 3.05) is 19.7 Å². The van der Waals surface area contributed by atoms with E-state index >= 15 is 0 Å². The summed E-state index contributed by atoms with van der Waals surface area (Å²) in [4.78, 5) is 2.76. The SMILES string of the molecule is CC1CCC(C(CN)N2CCOC3CCCCC32)CC1. The van der Waals surface area contributed by atoms with Crippen LogP contribution in [0.25, 0.3) is 0 Å². The molecule has 0 aromatic heterocycles. The van der Waals surface area contributed by atoms with Crippen molar-refractivity contribution in [1.29, 1.82) is 0 Å². The average molecular weight is 280 g/mol. The third kappa shape index (κ3) is 3.05. The average Bonchev–Trinajstić information content (AvgIpc) is 2.50. The highest BCUT2D eigenvalue weighted by molar-refractivity contribution is 4.94.